The Balaban J connectivity index is 1.86. The summed E-state index contributed by atoms with van der Waals surface area (Å²) in [4.78, 5) is 29.1. The van der Waals surface area contributed by atoms with E-state index in [1.165, 1.54) is 11.3 Å². The molecule has 1 N–H and O–H groups in total. The molecule has 1 aliphatic rings. The van der Waals surface area contributed by atoms with Crippen molar-refractivity contribution in [2.45, 2.75) is 26.8 Å². The molecule has 0 saturated carbocycles. The van der Waals surface area contributed by atoms with E-state index in [-0.39, 0.29) is 6.03 Å². The molecular weight excluding hydrogens is 324 g/mol. The van der Waals surface area contributed by atoms with Crippen LogP contribution in [-0.2, 0) is 13.0 Å². The number of hydrogen-bond acceptors (Lipinski definition) is 3. The fraction of sp³-hybridized carbons (Fsp3) is 0.333. The van der Waals surface area contributed by atoms with Crippen LogP contribution >= 0.6 is 11.3 Å². The lowest BCUT2D eigenvalue weighted by atomic mass is 10.2. The van der Waals surface area contributed by atoms with Crippen LogP contribution in [0.2, 0.25) is 0 Å². The van der Waals surface area contributed by atoms with Crippen LogP contribution in [0.5, 0.6) is 0 Å². The molecule has 0 unspecified atom stereocenters. The van der Waals surface area contributed by atoms with Crippen molar-refractivity contribution >= 4 is 29.0 Å². The zero-order valence-electron chi connectivity index (χ0n) is 13.8. The fourth-order valence-electron chi connectivity index (χ4n) is 3.10. The standard InChI is InChI=1S/C18H20N2O3S/c1-3-14-15(12(2)16(24-14)17(21)22)20-10-9-19(18(20)23)11-13-7-5-4-6-8-13/h4-8H,3,9-11H2,1-2H3,(H,21,22). The molecule has 24 heavy (non-hydrogen) atoms. The second-order valence-electron chi connectivity index (χ2n) is 5.83. The Morgan fingerprint density at radius 3 is 2.58 bits per heavy atom. The molecule has 5 nitrogen and oxygen atoms in total. The fourth-order valence-corrected chi connectivity index (χ4v) is 4.19. The highest BCUT2D eigenvalue weighted by Gasteiger charge is 2.34. The maximum absolute atomic E-state index is 12.8. The summed E-state index contributed by atoms with van der Waals surface area (Å²) in [5.41, 5.74) is 2.58. The Morgan fingerprint density at radius 1 is 1.25 bits per heavy atom. The Hall–Kier alpha value is -2.34. The molecule has 6 heteroatoms. The number of aryl methyl sites for hydroxylation is 1. The highest BCUT2D eigenvalue weighted by atomic mass is 32.1. The van der Waals surface area contributed by atoms with Gasteiger partial charge in [-0.25, -0.2) is 9.59 Å². The van der Waals surface area contributed by atoms with Crippen LogP contribution in [0.25, 0.3) is 0 Å². The maximum Gasteiger partial charge on any atom is 0.346 e. The Kier molecular flexibility index (Phi) is 4.57. The third-order valence-corrected chi connectivity index (χ3v) is 5.70. The van der Waals surface area contributed by atoms with Gasteiger partial charge in [-0.15, -0.1) is 11.3 Å². The Labute approximate surface area is 145 Å². The summed E-state index contributed by atoms with van der Waals surface area (Å²) in [5, 5.41) is 9.35. The summed E-state index contributed by atoms with van der Waals surface area (Å²) in [6.07, 6.45) is 0.719. The van der Waals surface area contributed by atoms with Gasteiger partial charge in [0.2, 0.25) is 0 Å². The van der Waals surface area contributed by atoms with Crippen molar-refractivity contribution in [3.05, 3.63) is 51.2 Å². The molecule has 1 fully saturated rings. The number of aromatic carboxylic acids is 1. The average molecular weight is 344 g/mol. The predicted octanol–water partition coefficient (Wildman–Crippen LogP) is 3.76. The van der Waals surface area contributed by atoms with Gasteiger partial charge in [0.25, 0.3) is 0 Å². The van der Waals surface area contributed by atoms with Crippen LogP contribution in [0.1, 0.15) is 32.6 Å². The minimum Gasteiger partial charge on any atom is -0.477 e. The van der Waals surface area contributed by atoms with Crippen LogP contribution in [-0.4, -0.2) is 35.1 Å². The molecule has 126 valence electrons. The minimum absolute atomic E-state index is 0.0496. The number of amides is 2. The average Bonchev–Trinajstić information content (AvgIpc) is 3.09. The molecule has 0 radical (unpaired) electrons. The van der Waals surface area contributed by atoms with Gasteiger partial charge in [-0.1, -0.05) is 37.3 Å². The quantitative estimate of drug-likeness (QED) is 0.898. The number of rotatable bonds is 5. The third-order valence-electron chi connectivity index (χ3n) is 4.28. The highest BCUT2D eigenvalue weighted by Crippen LogP contribution is 2.38. The molecule has 0 aliphatic carbocycles. The maximum atomic E-state index is 12.8. The van der Waals surface area contributed by atoms with Gasteiger partial charge < -0.3 is 10.0 Å². The molecule has 1 aromatic heterocycles. The van der Waals surface area contributed by atoms with Crippen molar-refractivity contribution < 1.29 is 14.7 Å². The van der Waals surface area contributed by atoms with Crippen LogP contribution in [0.4, 0.5) is 10.5 Å². The number of carboxylic acid groups (broad SMARTS) is 1. The zero-order valence-corrected chi connectivity index (χ0v) is 14.6. The Morgan fingerprint density at radius 2 is 1.96 bits per heavy atom. The second kappa shape index (κ2) is 6.65. The Bertz CT molecular complexity index is 770. The molecule has 3 rings (SSSR count). The summed E-state index contributed by atoms with van der Waals surface area (Å²) in [7, 11) is 0. The molecule has 2 amide bonds. The largest absolute Gasteiger partial charge is 0.477 e. The number of carboxylic acids is 1. The number of anilines is 1. The third kappa shape index (κ3) is 2.89. The van der Waals surface area contributed by atoms with Gasteiger partial charge in [-0.3, -0.25) is 4.90 Å². The number of thiophene rings is 1. The normalized spacial score (nSPS) is 14.5. The SMILES string of the molecule is CCc1sc(C(=O)O)c(C)c1N1CCN(Cc2ccccc2)C1=O. The highest BCUT2D eigenvalue weighted by molar-refractivity contribution is 7.14. The van der Waals surface area contributed by atoms with Crippen molar-refractivity contribution in [2.24, 2.45) is 0 Å². The molecule has 2 heterocycles. The molecule has 0 atom stereocenters. The van der Waals surface area contributed by atoms with Gasteiger partial charge in [0.1, 0.15) is 4.88 Å². The van der Waals surface area contributed by atoms with E-state index in [2.05, 4.69) is 0 Å². The lowest BCUT2D eigenvalue weighted by Gasteiger charge is -2.20. The number of carbonyl (C=O) groups is 2. The summed E-state index contributed by atoms with van der Waals surface area (Å²) in [6, 6.07) is 9.84. The monoisotopic (exact) mass is 344 g/mol. The summed E-state index contributed by atoms with van der Waals surface area (Å²) in [6.45, 7) is 5.60. The van der Waals surface area contributed by atoms with Gasteiger partial charge in [-0.05, 0) is 24.5 Å². The first kappa shape index (κ1) is 16.5. The van der Waals surface area contributed by atoms with Gasteiger partial charge in [0, 0.05) is 24.5 Å². The first-order valence-corrected chi connectivity index (χ1v) is 8.80. The number of urea groups is 1. The van der Waals surface area contributed by atoms with Crippen molar-refractivity contribution in [1.29, 1.82) is 0 Å². The van der Waals surface area contributed by atoms with E-state index in [4.69, 9.17) is 0 Å². The first-order valence-electron chi connectivity index (χ1n) is 7.98. The molecule has 0 bridgehead atoms. The van der Waals surface area contributed by atoms with Crippen molar-refractivity contribution in [3.63, 3.8) is 0 Å². The predicted molar refractivity (Wildman–Crippen MR) is 95.0 cm³/mol. The first-order chi connectivity index (χ1) is 11.5. The topological polar surface area (TPSA) is 60.9 Å². The summed E-state index contributed by atoms with van der Waals surface area (Å²) < 4.78 is 0. The second-order valence-corrected chi connectivity index (χ2v) is 6.93. The molecular formula is C18H20N2O3S. The molecule has 1 aliphatic heterocycles. The number of nitrogens with zero attached hydrogens (tertiary/aromatic N) is 2. The van der Waals surface area contributed by atoms with E-state index in [1.54, 1.807) is 11.8 Å². The van der Waals surface area contributed by atoms with Crippen LogP contribution in [0, 0.1) is 6.92 Å². The summed E-state index contributed by atoms with van der Waals surface area (Å²) in [5.74, 6) is -0.925. The van der Waals surface area contributed by atoms with Gasteiger partial charge in [-0.2, -0.15) is 0 Å². The molecule has 0 spiro atoms. The molecule has 1 saturated heterocycles. The molecule has 2 aromatic rings. The molecule has 1 aromatic carbocycles. The van der Waals surface area contributed by atoms with Crippen LogP contribution < -0.4 is 4.90 Å². The van der Waals surface area contributed by atoms with Crippen molar-refractivity contribution in [2.75, 3.05) is 18.0 Å². The number of hydrogen-bond donors (Lipinski definition) is 1. The van der Waals surface area contributed by atoms with E-state index >= 15 is 0 Å². The summed E-state index contributed by atoms with van der Waals surface area (Å²) >= 11 is 1.28. The number of carbonyl (C=O) groups excluding carboxylic acids is 1. The zero-order chi connectivity index (χ0) is 17.3. The van der Waals surface area contributed by atoms with Crippen LogP contribution in [0.15, 0.2) is 30.3 Å². The lowest BCUT2D eigenvalue weighted by molar-refractivity contribution is 0.0701. The van der Waals surface area contributed by atoms with E-state index in [0.29, 0.717) is 30.1 Å². The minimum atomic E-state index is -0.925. The number of benzene rings is 1. The van der Waals surface area contributed by atoms with Crippen LogP contribution in [0.3, 0.4) is 0 Å². The van der Waals surface area contributed by atoms with Gasteiger partial charge in [0.15, 0.2) is 0 Å². The van der Waals surface area contributed by atoms with E-state index in [0.717, 1.165) is 22.5 Å². The van der Waals surface area contributed by atoms with E-state index < -0.39 is 5.97 Å². The van der Waals surface area contributed by atoms with Crippen molar-refractivity contribution in [1.82, 2.24) is 4.90 Å². The lowest BCUT2D eigenvalue weighted by Crippen LogP contribution is -2.32. The van der Waals surface area contributed by atoms with E-state index in [9.17, 15) is 14.7 Å². The smallest absolute Gasteiger partial charge is 0.346 e. The van der Waals surface area contributed by atoms with Crippen molar-refractivity contribution in [3.8, 4) is 0 Å². The van der Waals surface area contributed by atoms with Gasteiger partial charge in [0.05, 0.1) is 5.69 Å². The van der Waals surface area contributed by atoms with Gasteiger partial charge >= 0.3 is 12.0 Å². The van der Waals surface area contributed by atoms with E-state index in [1.807, 2.05) is 42.2 Å².